The molecular weight excluding hydrogens is 266 g/mol. The van der Waals surface area contributed by atoms with E-state index < -0.39 is 6.10 Å². The molecule has 1 N–H and O–H groups in total. The minimum Gasteiger partial charge on any atom is -0.388 e. The second-order valence-corrected chi connectivity index (χ2v) is 5.27. The van der Waals surface area contributed by atoms with Crippen molar-refractivity contribution >= 4 is 5.52 Å². The van der Waals surface area contributed by atoms with Crippen LogP contribution in [-0.4, -0.2) is 29.5 Å². The van der Waals surface area contributed by atoms with Crippen LogP contribution >= 0.6 is 0 Å². The predicted octanol–water partition coefficient (Wildman–Crippen LogP) is 2.17. The van der Waals surface area contributed by atoms with Crippen molar-refractivity contribution in [1.82, 2.24) is 24.4 Å². The van der Waals surface area contributed by atoms with Gasteiger partial charge in [-0.1, -0.05) is 6.92 Å². The summed E-state index contributed by atoms with van der Waals surface area (Å²) in [5.41, 5.74) is 2.48. The van der Waals surface area contributed by atoms with Crippen LogP contribution in [0.3, 0.4) is 0 Å². The molecule has 0 amide bonds. The minimum absolute atomic E-state index is 0.372. The summed E-state index contributed by atoms with van der Waals surface area (Å²) in [4.78, 5) is 4.08. The van der Waals surface area contributed by atoms with Crippen molar-refractivity contribution in [2.45, 2.75) is 38.8 Å². The first-order valence-electron chi connectivity index (χ1n) is 7.18. The summed E-state index contributed by atoms with van der Waals surface area (Å²) >= 11 is 0. The van der Waals surface area contributed by atoms with Gasteiger partial charge in [-0.2, -0.15) is 10.2 Å². The molecule has 0 fully saturated rings. The van der Waals surface area contributed by atoms with E-state index in [1.165, 1.54) is 0 Å². The average molecular weight is 285 g/mol. The Kier molecular flexibility index (Phi) is 3.70. The van der Waals surface area contributed by atoms with Gasteiger partial charge in [-0.25, -0.2) is 4.52 Å². The summed E-state index contributed by atoms with van der Waals surface area (Å²) in [6, 6.07) is 2.33. The molecular formula is C15H19N5O. The van der Waals surface area contributed by atoms with Crippen molar-refractivity contribution in [2.24, 2.45) is 0 Å². The summed E-state index contributed by atoms with van der Waals surface area (Å²) in [5.74, 6) is 0. The molecule has 6 nitrogen and oxygen atoms in total. The maximum Gasteiger partial charge on any atom is 0.0903 e. The highest BCUT2D eigenvalue weighted by Crippen LogP contribution is 2.22. The summed E-state index contributed by atoms with van der Waals surface area (Å²) in [7, 11) is 0. The number of aliphatic hydroxyl groups is 1. The monoisotopic (exact) mass is 285 g/mol. The van der Waals surface area contributed by atoms with Crippen LogP contribution in [0.25, 0.3) is 5.52 Å². The van der Waals surface area contributed by atoms with Crippen LogP contribution in [0.1, 0.15) is 43.7 Å². The van der Waals surface area contributed by atoms with E-state index in [2.05, 4.69) is 29.0 Å². The molecule has 0 bridgehead atoms. The Balaban J connectivity index is 1.80. The van der Waals surface area contributed by atoms with Gasteiger partial charge in [-0.3, -0.25) is 9.67 Å². The molecule has 2 unspecified atom stereocenters. The van der Waals surface area contributed by atoms with Gasteiger partial charge >= 0.3 is 0 Å². The van der Waals surface area contributed by atoms with E-state index >= 15 is 0 Å². The van der Waals surface area contributed by atoms with E-state index in [4.69, 9.17) is 0 Å². The molecule has 3 heterocycles. The number of hydrogen-bond donors (Lipinski definition) is 1. The molecule has 0 saturated carbocycles. The van der Waals surface area contributed by atoms with E-state index in [1.807, 2.05) is 16.9 Å². The molecule has 110 valence electrons. The Morgan fingerprint density at radius 3 is 2.95 bits per heavy atom. The molecule has 0 saturated heterocycles. The zero-order chi connectivity index (χ0) is 14.8. The molecule has 0 aliphatic rings. The van der Waals surface area contributed by atoms with Gasteiger partial charge in [0.2, 0.25) is 0 Å². The average Bonchev–Trinajstić information content (AvgIpc) is 3.12. The Labute approximate surface area is 123 Å². The van der Waals surface area contributed by atoms with Gasteiger partial charge in [0, 0.05) is 36.6 Å². The third kappa shape index (κ3) is 2.67. The summed E-state index contributed by atoms with van der Waals surface area (Å²) < 4.78 is 3.66. The Hall–Kier alpha value is -2.21. The van der Waals surface area contributed by atoms with Gasteiger partial charge < -0.3 is 5.11 Å². The molecule has 0 radical (unpaired) electrons. The number of nitrogens with zero attached hydrogens (tertiary/aromatic N) is 5. The van der Waals surface area contributed by atoms with E-state index in [1.54, 1.807) is 29.3 Å². The normalized spacial score (nSPS) is 14.4. The van der Waals surface area contributed by atoms with Crippen LogP contribution in [0.5, 0.6) is 0 Å². The Bertz CT molecular complexity index is 732. The van der Waals surface area contributed by atoms with Crippen LogP contribution in [0.15, 0.2) is 37.1 Å². The highest BCUT2D eigenvalue weighted by atomic mass is 16.3. The van der Waals surface area contributed by atoms with Crippen LogP contribution in [0, 0.1) is 0 Å². The topological polar surface area (TPSA) is 68.2 Å². The maximum atomic E-state index is 10.4. The van der Waals surface area contributed by atoms with Gasteiger partial charge in [-0.05, 0) is 19.4 Å². The Morgan fingerprint density at radius 1 is 1.29 bits per heavy atom. The molecule has 0 spiro atoms. The van der Waals surface area contributed by atoms with E-state index in [9.17, 15) is 5.11 Å². The predicted molar refractivity (Wildman–Crippen MR) is 78.9 cm³/mol. The Morgan fingerprint density at radius 2 is 2.14 bits per heavy atom. The number of fused-ring (bicyclic) bond motifs is 1. The van der Waals surface area contributed by atoms with Crippen molar-refractivity contribution in [3.63, 3.8) is 0 Å². The third-order valence-corrected chi connectivity index (χ3v) is 3.82. The number of aromatic nitrogens is 5. The van der Waals surface area contributed by atoms with Crippen molar-refractivity contribution in [3.8, 4) is 0 Å². The fourth-order valence-electron chi connectivity index (χ4n) is 2.34. The van der Waals surface area contributed by atoms with Crippen LogP contribution in [0.4, 0.5) is 0 Å². The lowest BCUT2D eigenvalue weighted by atomic mass is 10.1. The number of rotatable bonds is 5. The van der Waals surface area contributed by atoms with E-state index in [-0.39, 0.29) is 0 Å². The molecule has 6 heteroatoms. The fourth-order valence-corrected chi connectivity index (χ4v) is 2.34. The van der Waals surface area contributed by atoms with Crippen molar-refractivity contribution < 1.29 is 5.11 Å². The van der Waals surface area contributed by atoms with Crippen LogP contribution in [-0.2, 0) is 6.42 Å². The van der Waals surface area contributed by atoms with Crippen molar-refractivity contribution in [1.29, 1.82) is 0 Å². The summed E-state index contributed by atoms with van der Waals surface area (Å²) in [5, 5.41) is 19.2. The van der Waals surface area contributed by atoms with Gasteiger partial charge in [0.25, 0.3) is 0 Å². The molecule has 0 aliphatic carbocycles. The molecule has 0 aromatic carbocycles. The van der Waals surface area contributed by atoms with Crippen LogP contribution < -0.4 is 0 Å². The van der Waals surface area contributed by atoms with Gasteiger partial charge in [0.05, 0.1) is 29.7 Å². The number of hydrogen-bond acceptors (Lipinski definition) is 4. The van der Waals surface area contributed by atoms with Crippen molar-refractivity contribution in [3.05, 3.63) is 48.3 Å². The third-order valence-electron chi connectivity index (χ3n) is 3.82. The molecule has 3 aromatic rings. The van der Waals surface area contributed by atoms with Crippen LogP contribution in [0.2, 0.25) is 0 Å². The van der Waals surface area contributed by atoms with Crippen molar-refractivity contribution in [2.75, 3.05) is 0 Å². The second-order valence-electron chi connectivity index (χ2n) is 5.27. The molecule has 3 rings (SSSR count). The lowest BCUT2D eigenvalue weighted by Crippen LogP contribution is -2.07. The zero-order valence-electron chi connectivity index (χ0n) is 12.2. The largest absolute Gasteiger partial charge is 0.388 e. The minimum atomic E-state index is -0.632. The lowest BCUT2D eigenvalue weighted by Gasteiger charge is -2.09. The molecule has 3 aromatic heterocycles. The second kappa shape index (κ2) is 5.65. The molecule has 21 heavy (non-hydrogen) atoms. The SMILES string of the molecule is CCC(C)n1ccc(CC(O)c2cnn3ccncc23)n1. The number of aliphatic hydroxyl groups excluding tert-OH is 1. The molecule has 0 aliphatic heterocycles. The highest BCUT2D eigenvalue weighted by molar-refractivity contribution is 5.52. The first-order valence-corrected chi connectivity index (χ1v) is 7.18. The maximum absolute atomic E-state index is 10.4. The van der Waals surface area contributed by atoms with Gasteiger partial charge in [0.1, 0.15) is 0 Å². The van der Waals surface area contributed by atoms with Gasteiger partial charge in [0.15, 0.2) is 0 Å². The standard InChI is InChI=1S/C15H19N5O/c1-3-11(2)19-6-4-12(18-19)8-15(21)13-9-17-20-7-5-16-10-14(13)20/h4-7,9-11,15,21H,3,8H2,1-2H3. The van der Waals surface area contributed by atoms with Gasteiger partial charge in [-0.15, -0.1) is 0 Å². The first-order chi connectivity index (χ1) is 10.2. The zero-order valence-corrected chi connectivity index (χ0v) is 12.2. The molecule has 2 atom stereocenters. The quantitative estimate of drug-likeness (QED) is 0.780. The lowest BCUT2D eigenvalue weighted by molar-refractivity contribution is 0.178. The van der Waals surface area contributed by atoms with E-state index in [0.717, 1.165) is 23.2 Å². The summed E-state index contributed by atoms with van der Waals surface area (Å²) in [6.45, 7) is 4.26. The first kappa shape index (κ1) is 13.8. The summed E-state index contributed by atoms with van der Waals surface area (Å²) in [6.07, 6.45) is 9.67. The fraction of sp³-hybridized carbons (Fsp3) is 0.400. The smallest absolute Gasteiger partial charge is 0.0903 e. The van der Waals surface area contributed by atoms with E-state index in [0.29, 0.717) is 12.5 Å². The highest BCUT2D eigenvalue weighted by Gasteiger charge is 2.16.